The Labute approximate surface area is 155 Å². The van der Waals surface area contributed by atoms with E-state index in [4.69, 9.17) is 9.15 Å². The number of ether oxygens (including phenoxy) is 1. The molecule has 3 rings (SSSR count). The predicted octanol–water partition coefficient (Wildman–Crippen LogP) is 3.00. The van der Waals surface area contributed by atoms with Crippen molar-refractivity contribution in [3.8, 4) is 0 Å². The highest BCUT2D eigenvalue weighted by Gasteiger charge is 2.24. The molecule has 1 aromatic carbocycles. The van der Waals surface area contributed by atoms with E-state index in [1.54, 1.807) is 13.0 Å². The summed E-state index contributed by atoms with van der Waals surface area (Å²) in [5, 5.41) is 3.36. The fourth-order valence-corrected chi connectivity index (χ4v) is 2.88. The average Bonchev–Trinajstić information content (AvgIpc) is 3.28. The van der Waals surface area contributed by atoms with Crippen molar-refractivity contribution in [2.24, 2.45) is 0 Å². The summed E-state index contributed by atoms with van der Waals surface area (Å²) in [6.45, 7) is 3.44. The number of aromatic amines is 1. The fourth-order valence-electron chi connectivity index (χ4n) is 2.88. The number of fused-ring (bicyclic) bond motifs is 1. The van der Waals surface area contributed by atoms with Crippen LogP contribution in [-0.2, 0) is 9.53 Å². The Morgan fingerprint density at radius 1 is 1.19 bits per heavy atom. The summed E-state index contributed by atoms with van der Waals surface area (Å²) in [7, 11) is 0. The number of nitrogens with one attached hydrogen (secondary N) is 2. The number of hydrogen-bond acceptors (Lipinski definition) is 5. The fraction of sp³-hybridized carbons (Fsp3) is 0.250. The smallest absolute Gasteiger partial charge is 0.308 e. The molecule has 140 valence electrons. The summed E-state index contributed by atoms with van der Waals surface area (Å²) in [5.41, 5.74) is 2.12. The van der Waals surface area contributed by atoms with Crippen molar-refractivity contribution < 1.29 is 23.5 Å². The van der Waals surface area contributed by atoms with Crippen LogP contribution in [0.4, 0.5) is 0 Å². The van der Waals surface area contributed by atoms with E-state index < -0.39 is 18.0 Å². The second-order valence-electron chi connectivity index (χ2n) is 6.15. The summed E-state index contributed by atoms with van der Waals surface area (Å²) >= 11 is 0. The molecule has 0 saturated carbocycles. The lowest BCUT2D eigenvalue weighted by Gasteiger charge is -2.13. The third-order valence-electron chi connectivity index (χ3n) is 4.18. The van der Waals surface area contributed by atoms with Crippen molar-refractivity contribution >= 4 is 28.6 Å². The molecule has 7 nitrogen and oxygen atoms in total. The molecule has 2 aromatic heterocycles. The van der Waals surface area contributed by atoms with E-state index in [1.165, 1.54) is 12.3 Å². The van der Waals surface area contributed by atoms with Gasteiger partial charge in [-0.2, -0.15) is 0 Å². The van der Waals surface area contributed by atoms with E-state index in [-0.39, 0.29) is 24.5 Å². The number of furan rings is 1. The Bertz CT molecular complexity index is 972. The Hall–Kier alpha value is -3.35. The molecule has 7 heteroatoms. The first kappa shape index (κ1) is 18.4. The molecule has 0 aliphatic heterocycles. The van der Waals surface area contributed by atoms with Gasteiger partial charge in [0.2, 0.25) is 5.78 Å². The first-order valence-corrected chi connectivity index (χ1v) is 8.60. The number of esters is 1. The van der Waals surface area contributed by atoms with Gasteiger partial charge in [0.15, 0.2) is 11.9 Å². The van der Waals surface area contributed by atoms with Crippen LogP contribution < -0.4 is 5.32 Å². The van der Waals surface area contributed by atoms with Crippen LogP contribution in [0.15, 0.2) is 47.1 Å². The van der Waals surface area contributed by atoms with Gasteiger partial charge in [0, 0.05) is 28.7 Å². The maximum Gasteiger partial charge on any atom is 0.308 e. The van der Waals surface area contributed by atoms with Crippen LogP contribution in [0.25, 0.3) is 10.9 Å². The first-order valence-electron chi connectivity index (χ1n) is 8.60. The minimum absolute atomic E-state index is 0.0447. The molecule has 0 aliphatic rings. The predicted molar refractivity (Wildman–Crippen MR) is 98.6 cm³/mol. The number of rotatable bonds is 7. The summed E-state index contributed by atoms with van der Waals surface area (Å²) in [4.78, 5) is 39.6. The lowest BCUT2D eigenvalue weighted by molar-refractivity contribution is -0.146. The van der Waals surface area contributed by atoms with Gasteiger partial charge in [0.25, 0.3) is 5.91 Å². The highest BCUT2D eigenvalue weighted by Crippen LogP contribution is 2.23. The summed E-state index contributed by atoms with van der Waals surface area (Å²) < 4.78 is 10.2. The van der Waals surface area contributed by atoms with Crippen LogP contribution in [0, 0.1) is 6.92 Å². The van der Waals surface area contributed by atoms with Crippen molar-refractivity contribution in [2.75, 3.05) is 6.54 Å². The zero-order valence-electron chi connectivity index (χ0n) is 15.1. The molecule has 2 heterocycles. The van der Waals surface area contributed by atoms with E-state index in [9.17, 15) is 14.4 Å². The Balaban J connectivity index is 1.55. The standard InChI is InChI=1S/C20H20N2O5/c1-12-18(14-6-3-4-7-15(14)22-12)19(24)13(2)27-17(23)9-10-21-20(25)16-8-5-11-26-16/h3-8,11,13,22H,9-10H2,1-2H3,(H,21,25)/t13-/m1/s1. The minimum Gasteiger partial charge on any atom is -0.459 e. The van der Waals surface area contributed by atoms with Gasteiger partial charge in [0.1, 0.15) is 0 Å². The van der Waals surface area contributed by atoms with E-state index >= 15 is 0 Å². The Morgan fingerprint density at radius 3 is 2.70 bits per heavy atom. The van der Waals surface area contributed by atoms with Crippen molar-refractivity contribution in [2.45, 2.75) is 26.4 Å². The van der Waals surface area contributed by atoms with Crippen LogP contribution in [0.1, 0.15) is 40.0 Å². The van der Waals surface area contributed by atoms with Crippen molar-refractivity contribution in [3.63, 3.8) is 0 Å². The lowest BCUT2D eigenvalue weighted by Crippen LogP contribution is -2.29. The van der Waals surface area contributed by atoms with Gasteiger partial charge in [-0.1, -0.05) is 18.2 Å². The molecule has 0 fully saturated rings. The number of benzene rings is 1. The minimum atomic E-state index is -0.920. The molecular formula is C20H20N2O5. The molecule has 0 saturated heterocycles. The molecule has 0 bridgehead atoms. The summed E-state index contributed by atoms with van der Waals surface area (Å²) in [6, 6.07) is 10.6. The molecule has 0 radical (unpaired) electrons. The van der Waals surface area contributed by atoms with Gasteiger partial charge in [-0.15, -0.1) is 0 Å². The monoisotopic (exact) mass is 368 g/mol. The van der Waals surface area contributed by atoms with Gasteiger partial charge < -0.3 is 19.5 Å². The quantitative estimate of drug-likeness (QED) is 0.493. The normalized spacial score (nSPS) is 11.9. The Morgan fingerprint density at radius 2 is 1.96 bits per heavy atom. The number of amides is 1. The molecule has 3 aromatic rings. The first-order chi connectivity index (χ1) is 13.0. The largest absolute Gasteiger partial charge is 0.459 e. The molecule has 2 N–H and O–H groups in total. The second kappa shape index (κ2) is 7.90. The van der Waals surface area contributed by atoms with Crippen molar-refractivity contribution in [1.82, 2.24) is 10.3 Å². The maximum atomic E-state index is 12.7. The number of carbonyl (C=O) groups excluding carboxylic acids is 3. The number of H-pyrrole nitrogens is 1. The highest BCUT2D eigenvalue weighted by atomic mass is 16.5. The van der Waals surface area contributed by atoms with Gasteiger partial charge in [0.05, 0.1) is 12.7 Å². The number of hydrogen-bond donors (Lipinski definition) is 2. The topological polar surface area (TPSA) is 101 Å². The summed E-state index contributed by atoms with van der Waals surface area (Å²) in [6.07, 6.45) is 0.427. The van der Waals surface area contributed by atoms with Crippen LogP contribution >= 0.6 is 0 Å². The van der Waals surface area contributed by atoms with Crippen LogP contribution in [-0.4, -0.2) is 35.3 Å². The summed E-state index contributed by atoms with van der Waals surface area (Å²) in [5.74, 6) is -1.07. The van der Waals surface area contributed by atoms with E-state index in [0.717, 1.165) is 16.6 Å². The third kappa shape index (κ3) is 4.08. The van der Waals surface area contributed by atoms with Gasteiger partial charge in [-0.3, -0.25) is 14.4 Å². The molecule has 1 amide bonds. The number of aryl methyl sites for hydroxylation is 1. The third-order valence-corrected chi connectivity index (χ3v) is 4.18. The van der Waals surface area contributed by atoms with Crippen molar-refractivity contribution in [1.29, 1.82) is 0 Å². The zero-order valence-corrected chi connectivity index (χ0v) is 15.1. The van der Waals surface area contributed by atoms with Crippen LogP contribution in [0.5, 0.6) is 0 Å². The maximum absolute atomic E-state index is 12.7. The number of para-hydroxylation sites is 1. The van der Waals surface area contributed by atoms with Crippen LogP contribution in [0.2, 0.25) is 0 Å². The van der Waals surface area contributed by atoms with Crippen molar-refractivity contribution in [3.05, 3.63) is 59.7 Å². The highest BCUT2D eigenvalue weighted by molar-refractivity contribution is 6.11. The number of Topliss-reactive ketones (excluding diaryl/α,β-unsaturated/α-hetero) is 1. The Kier molecular flexibility index (Phi) is 5.40. The van der Waals surface area contributed by atoms with E-state index in [0.29, 0.717) is 5.56 Å². The lowest BCUT2D eigenvalue weighted by atomic mass is 10.0. The number of carbonyl (C=O) groups is 3. The number of aromatic nitrogens is 1. The zero-order chi connectivity index (χ0) is 19.4. The average molecular weight is 368 g/mol. The van der Waals surface area contributed by atoms with Gasteiger partial charge in [-0.25, -0.2) is 0 Å². The molecule has 0 aliphatic carbocycles. The second-order valence-corrected chi connectivity index (χ2v) is 6.15. The molecular weight excluding hydrogens is 348 g/mol. The molecule has 27 heavy (non-hydrogen) atoms. The SMILES string of the molecule is Cc1[nH]c2ccccc2c1C(=O)[C@@H](C)OC(=O)CCNC(=O)c1ccco1. The van der Waals surface area contributed by atoms with Gasteiger partial charge in [-0.05, 0) is 32.0 Å². The van der Waals surface area contributed by atoms with E-state index in [2.05, 4.69) is 10.3 Å². The molecule has 0 spiro atoms. The van der Waals surface area contributed by atoms with E-state index in [1.807, 2.05) is 31.2 Å². The van der Waals surface area contributed by atoms with Crippen LogP contribution in [0.3, 0.4) is 0 Å². The molecule has 0 unspecified atom stereocenters. The van der Waals surface area contributed by atoms with Gasteiger partial charge >= 0.3 is 5.97 Å². The molecule has 1 atom stereocenters. The number of ketones is 1.